The molecule has 174 valence electrons. The first kappa shape index (κ1) is 25.5. The Morgan fingerprint density at radius 2 is 1.75 bits per heavy atom. The van der Waals surface area contributed by atoms with E-state index in [1.54, 1.807) is 18.2 Å². The highest BCUT2D eigenvalue weighted by Gasteiger charge is 2.11. The number of nitrogens with one attached hydrogen (secondary N) is 2. The largest absolute Gasteiger partial charge is 0.493 e. The highest BCUT2D eigenvalue weighted by Crippen LogP contribution is 2.29. The van der Waals surface area contributed by atoms with Crippen LogP contribution >= 0.6 is 23.2 Å². The van der Waals surface area contributed by atoms with Crippen molar-refractivity contribution in [3.8, 4) is 17.2 Å². The van der Waals surface area contributed by atoms with Gasteiger partial charge in [-0.1, -0.05) is 23.2 Å². The standard InChI is InChI=1S/C21H23Cl2FN2O6/c1-30-19-8-13(22)2-5-18(19)32-12-20(28)25-7-6-14(27)10-26-21(29)11-31-15-3-4-16(23)17(24)9-15/h2-5,8-9,14,27H,6-7,10-12H2,1H3,(H,25,28)(H,26,29)/t14-/m0/s1. The number of carbonyl (C=O) groups is 2. The highest BCUT2D eigenvalue weighted by molar-refractivity contribution is 6.31. The summed E-state index contributed by atoms with van der Waals surface area (Å²) < 4.78 is 29.0. The monoisotopic (exact) mass is 488 g/mol. The molecule has 3 N–H and O–H groups in total. The van der Waals surface area contributed by atoms with Crippen molar-refractivity contribution in [3.05, 3.63) is 52.3 Å². The number of halogens is 3. The van der Waals surface area contributed by atoms with E-state index in [0.717, 1.165) is 6.07 Å². The third-order valence-electron chi connectivity index (χ3n) is 4.08. The Bertz CT molecular complexity index is 931. The first-order valence-corrected chi connectivity index (χ1v) is 10.3. The number of methoxy groups -OCH3 is 1. The molecule has 0 saturated carbocycles. The van der Waals surface area contributed by atoms with Gasteiger partial charge in [-0.2, -0.15) is 0 Å². The van der Waals surface area contributed by atoms with Crippen LogP contribution in [0, 0.1) is 5.82 Å². The van der Waals surface area contributed by atoms with Crippen LogP contribution in [0.25, 0.3) is 0 Å². The minimum atomic E-state index is -0.885. The van der Waals surface area contributed by atoms with Crippen molar-refractivity contribution < 1.29 is 33.3 Å². The number of hydrogen-bond acceptors (Lipinski definition) is 6. The second-order valence-corrected chi connectivity index (χ2v) is 7.39. The minimum Gasteiger partial charge on any atom is -0.493 e. The fourth-order valence-corrected chi connectivity index (χ4v) is 2.71. The van der Waals surface area contributed by atoms with Gasteiger partial charge in [-0.25, -0.2) is 4.39 Å². The van der Waals surface area contributed by atoms with Gasteiger partial charge in [-0.3, -0.25) is 9.59 Å². The van der Waals surface area contributed by atoms with Crippen molar-refractivity contribution in [2.45, 2.75) is 12.5 Å². The van der Waals surface area contributed by atoms with Crippen molar-refractivity contribution in [1.82, 2.24) is 10.6 Å². The first-order valence-electron chi connectivity index (χ1n) is 9.54. The zero-order valence-corrected chi connectivity index (χ0v) is 18.7. The summed E-state index contributed by atoms with van der Waals surface area (Å²) in [5.74, 6) is -0.598. The van der Waals surface area contributed by atoms with Crippen LogP contribution in [0.3, 0.4) is 0 Å². The molecule has 1 atom stereocenters. The minimum absolute atomic E-state index is 0.0362. The lowest BCUT2D eigenvalue weighted by Gasteiger charge is -2.14. The van der Waals surface area contributed by atoms with E-state index in [2.05, 4.69) is 10.6 Å². The van der Waals surface area contributed by atoms with E-state index in [-0.39, 0.29) is 49.4 Å². The van der Waals surface area contributed by atoms with Gasteiger partial charge in [0, 0.05) is 30.2 Å². The normalized spacial score (nSPS) is 11.4. The second-order valence-electron chi connectivity index (χ2n) is 6.54. The van der Waals surface area contributed by atoms with Crippen LogP contribution in [0.15, 0.2) is 36.4 Å². The molecule has 0 aliphatic rings. The molecule has 0 aliphatic heterocycles. The van der Waals surface area contributed by atoms with Gasteiger partial charge in [0.15, 0.2) is 24.7 Å². The van der Waals surface area contributed by atoms with Crippen molar-refractivity contribution in [2.75, 3.05) is 33.4 Å². The number of benzene rings is 2. The summed E-state index contributed by atoms with van der Waals surface area (Å²) in [6.45, 7) is -0.452. The van der Waals surface area contributed by atoms with Gasteiger partial charge in [-0.05, 0) is 30.7 Å². The molecular weight excluding hydrogens is 466 g/mol. The van der Waals surface area contributed by atoms with Gasteiger partial charge in [-0.15, -0.1) is 0 Å². The molecule has 0 aliphatic carbocycles. The number of hydrogen-bond donors (Lipinski definition) is 3. The molecule has 0 bridgehead atoms. The summed E-state index contributed by atoms with van der Waals surface area (Å²) in [6.07, 6.45) is -0.677. The number of rotatable bonds is 12. The molecule has 2 aromatic carbocycles. The molecule has 0 heterocycles. The Labute approximate surface area is 194 Å². The van der Waals surface area contributed by atoms with E-state index in [1.165, 1.54) is 19.2 Å². The van der Waals surface area contributed by atoms with Crippen molar-refractivity contribution in [2.24, 2.45) is 0 Å². The summed E-state index contributed by atoms with van der Waals surface area (Å²) in [5, 5.41) is 15.5. The maximum atomic E-state index is 13.3. The molecule has 2 aromatic rings. The molecule has 11 heteroatoms. The number of ether oxygens (including phenoxy) is 3. The van der Waals surface area contributed by atoms with E-state index in [4.69, 9.17) is 37.4 Å². The predicted molar refractivity (Wildman–Crippen MR) is 117 cm³/mol. The van der Waals surface area contributed by atoms with Gasteiger partial charge < -0.3 is 30.0 Å². The van der Waals surface area contributed by atoms with Crippen molar-refractivity contribution in [3.63, 3.8) is 0 Å². The number of aliphatic hydroxyl groups excluding tert-OH is 1. The maximum absolute atomic E-state index is 13.3. The van der Waals surface area contributed by atoms with E-state index in [0.29, 0.717) is 16.5 Å². The molecule has 2 rings (SSSR count). The van der Waals surface area contributed by atoms with Gasteiger partial charge in [0.05, 0.1) is 18.2 Å². The number of carbonyl (C=O) groups excluding carboxylic acids is 2. The average molecular weight is 489 g/mol. The maximum Gasteiger partial charge on any atom is 0.258 e. The predicted octanol–water partition coefficient (Wildman–Crippen LogP) is 2.58. The van der Waals surface area contributed by atoms with Gasteiger partial charge >= 0.3 is 0 Å². The zero-order chi connectivity index (χ0) is 23.5. The van der Waals surface area contributed by atoms with Crippen LogP contribution in [-0.2, 0) is 9.59 Å². The third-order valence-corrected chi connectivity index (χ3v) is 4.62. The fraction of sp³-hybridized carbons (Fsp3) is 0.333. The van der Waals surface area contributed by atoms with Crippen LogP contribution in [0.1, 0.15) is 6.42 Å². The van der Waals surface area contributed by atoms with Gasteiger partial charge in [0.25, 0.3) is 11.8 Å². The van der Waals surface area contributed by atoms with E-state index >= 15 is 0 Å². The molecule has 8 nitrogen and oxygen atoms in total. The van der Waals surface area contributed by atoms with Crippen molar-refractivity contribution >= 4 is 35.0 Å². The van der Waals surface area contributed by atoms with E-state index in [9.17, 15) is 19.1 Å². The molecule has 0 aromatic heterocycles. The lowest BCUT2D eigenvalue weighted by molar-refractivity contribution is -0.124. The van der Waals surface area contributed by atoms with Crippen LogP contribution in [-0.4, -0.2) is 56.4 Å². The molecule has 2 amide bonds. The topological polar surface area (TPSA) is 106 Å². The second kappa shape index (κ2) is 12.9. The summed E-state index contributed by atoms with van der Waals surface area (Å²) in [5.41, 5.74) is 0. The molecule has 0 saturated heterocycles. The zero-order valence-electron chi connectivity index (χ0n) is 17.2. The Morgan fingerprint density at radius 1 is 1.03 bits per heavy atom. The summed E-state index contributed by atoms with van der Waals surface area (Å²) >= 11 is 11.4. The summed E-state index contributed by atoms with van der Waals surface area (Å²) in [4.78, 5) is 23.7. The molecule has 0 fully saturated rings. The lowest BCUT2D eigenvalue weighted by atomic mass is 10.2. The Kier molecular flexibility index (Phi) is 10.3. The lowest BCUT2D eigenvalue weighted by Crippen LogP contribution is -2.37. The summed E-state index contributed by atoms with van der Waals surface area (Å²) in [6, 6.07) is 8.59. The fourth-order valence-electron chi connectivity index (χ4n) is 2.43. The highest BCUT2D eigenvalue weighted by atomic mass is 35.5. The Balaban J connectivity index is 1.60. The molecule has 0 unspecified atom stereocenters. The van der Waals surface area contributed by atoms with Crippen molar-refractivity contribution in [1.29, 1.82) is 0 Å². The molecule has 0 radical (unpaired) electrons. The average Bonchev–Trinajstić information content (AvgIpc) is 2.77. The molecular formula is C21H23Cl2FN2O6. The van der Waals surface area contributed by atoms with Crippen LogP contribution in [0.5, 0.6) is 17.2 Å². The SMILES string of the molecule is COc1cc(Cl)ccc1OCC(=O)NCC[C@H](O)CNC(=O)COc1ccc(Cl)c(F)c1. The number of amides is 2. The van der Waals surface area contributed by atoms with Crippen LogP contribution in [0.2, 0.25) is 10.0 Å². The van der Waals surface area contributed by atoms with Crippen LogP contribution in [0.4, 0.5) is 4.39 Å². The van der Waals surface area contributed by atoms with E-state index in [1.807, 2.05) is 0 Å². The van der Waals surface area contributed by atoms with E-state index < -0.39 is 17.8 Å². The van der Waals surface area contributed by atoms with Gasteiger partial charge in [0.1, 0.15) is 11.6 Å². The number of aliphatic hydroxyl groups is 1. The Morgan fingerprint density at radius 3 is 2.47 bits per heavy atom. The summed E-state index contributed by atoms with van der Waals surface area (Å²) in [7, 11) is 1.46. The van der Waals surface area contributed by atoms with Crippen LogP contribution < -0.4 is 24.8 Å². The Hall–Kier alpha value is -2.75. The first-order chi connectivity index (χ1) is 15.3. The third kappa shape index (κ3) is 8.78. The molecule has 32 heavy (non-hydrogen) atoms. The molecule has 0 spiro atoms. The van der Waals surface area contributed by atoms with Gasteiger partial charge in [0.2, 0.25) is 0 Å². The smallest absolute Gasteiger partial charge is 0.258 e. The quantitative estimate of drug-likeness (QED) is 0.423.